The number of thioether (sulfide) groups is 2. The van der Waals surface area contributed by atoms with Gasteiger partial charge in [-0.25, -0.2) is 4.79 Å². The number of carboxylic acid groups (broad SMARTS) is 1. The van der Waals surface area contributed by atoms with Gasteiger partial charge in [0.15, 0.2) is 0 Å². The van der Waals surface area contributed by atoms with Crippen LogP contribution >= 0.6 is 35.7 Å². The first-order chi connectivity index (χ1) is 12.5. The number of amides is 1. The summed E-state index contributed by atoms with van der Waals surface area (Å²) in [7, 11) is 0. The van der Waals surface area contributed by atoms with E-state index in [1.165, 1.54) is 16.7 Å². The molecule has 1 atom stereocenters. The zero-order valence-corrected chi connectivity index (χ0v) is 16.5. The maximum absolute atomic E-state index is 12.8. The van der Waals surface area contributed by atoms with Crippen molar-refractivity contribution in [3.05, 3.63) is 46.4 Å². The average molecular weight is 408 g/mol. The van der Waals surface area contributed by atoms with E-state index in [2.05, 4.69) is 0 Å². The van der Waals surface area contributed by atoms with Gasteiger partial charge >= 0.3 is 5.97 Å². The molecule has 2 aliphatic heterocycles. The minimum Gasteiger partial charge on any atom is -0.488 e. The van der Waals surface area contributed by atoms with E-state index >= 15 is 0 Å². The van der Waals surface area contributed by atoms with Gasteiger partial charge in [-0.2, -0.15) is 11.8 Å². The molecule has 2 heterocycles. The van der Waals surface area contributed by atoms with Crippen LogP contribution in [0.1, 0.15) is 12.0 Å². The second kappa shape index (κ2) is 8.28. The van der Waals surface area contributed by atoms with E-state index in [1.807, 2.05) is 36.6 Å². The van der Waals surface area contributed by atoms with Crippen LogP contribution in [0, 0.1) is 0 Å². The van der Waals surface area contributed by atoms with Crippen LogP contribution in [0.5, 0.6) is 5.75 Å². The summed E-state index contributed by atoms with van der Waals surface area (Å²) in [6, 6.07) is 6.73. The molecule has 1 N–H and O–H groups in total. The number of carbonyl (C=O) groups excluding carboxylic acids is 1. The lowest BCUT2D eigenvalue weighted by Gasteiger charge is -2.22. The number of thiocarbonyl (C=S) groups is 1. The molecule has 2 aliphatic rings. The normalized spacial score (nSPS) is 19.2. The molecular weight excluding hydrogens is 390 g/mol. The number of nitrogens with zero attached hydrogens (tertiary/aromatic N) is 1. The van der Waals surface area contributed by atoms with Crippen LogP contribution in [0.25, 0.3) is 6.08 Å². The summed E-state index contributed by atoms with van der Waals surface area (Å²) in [5.74, 6) is 0.0577. The quantitative estimate of drug-likeness (QED) is 0.572. The zero-order valence-electron chi connectivity index (χ0n) is 14.0. The lowest BCUT2D eigenvalue weighted by Crippen LogP contribution is -2.44. The number of aliphatic carboxylic acids is 1. The van der Waals surface area contributed by atoms with Gasteiger partial charge in [0, 0.05) is 5.56 Å². The van der Waals surface area contributed by atoms with Crippen LogP contribution < -0.4 is 4.74 Å². The summed E-state index contributed by atoms with van der Waals surface area (Å²) >= 11 is 7.96. The van der Waals surface area contributed by atoms with Crippen molar-refractivity contribution in [1.82, 2.24) is 4.90 Å². The zero-order chi connectivity index (χ0) is 18.7. The van der Waals surface area contributed by atoms with Gasteiger partial charge in [-0.3, -0.25) is 9.69 Å². The topological polar surface area (TPSA) is 66.8 Å². The number of hydrogen-bond acceptors (Lipinski definition) is 6. The van der Waals surface area contributed by atoms with Gasteiger partial charge in [0.25, 0.3) is 5.91 Å². The summed E-state index contributed by atoms with van der Waals surface area (Å²) in [5.41, 5.74) is 1.80. The van der Waals surface area contributed by atoms with E-state index in [0.29, 0.717) is 23.7 Å². The SMILES string of the molecule is CSCCC(C(=O)O)N1C(=O)/C(=C/C2=Cc3ccccc3OC2)SC1=S. The fraction of sp³-hybridized carbons (Fsp3) is 0.278. The number of fused-ring (bicyclic) bond motifs is 1. The second-order valence-corrected chi connectivity index (χ2v) is 8.39. The molecule has 0 saturated carbocycles. The highest BCUT2D eigenvalue weighted by Crippen LogP contribution is 2.35. The Morgan fingerprint density at radius 3 is 3.00 bits per heavy atom. The summed E-state index contributed by atoms with van der Waals surface area (Å²) < 4.78 is 5.98. The van der Waals surface area contributed by atoms with E-state index in [-0.39, 0.29) is 10.2 Å². The number of rotatable bonds is 6. The number of hydrogen-bond donors (Lipinski definition) is 1. The van der Waals surface area contributed by atoms with Crippen molar-refractivity contribution in [3.8, 4) is 5.75 Å². The van der Waals surface area contributed by atoms with Crippen molar-refractivity contribution in [2.45, 2.75) is 12.5 Å². The Morgan fingerprint density at radius 2 is 2.27 bits per heavy atom. The Bertz CT molecular complexity index is 818. The third-order valence-corrected chi connectivity index (χ3v) is 5.96. The van der Waals surface area contributed by atoms with Crippen molar-refractivity contribution in [2.24, 2.45) is 0 Å². The number of carbonyl (C=O) groups is 2. The number of carboxylic acids is 1. The van der Waals surface area contributed by atoms with Crippen molar-refractivity contribution < 1.29 is 19.4 Å². The van der Waals surface area contributed by atoms with E-state index in [4.69, 9.17) is 17.0 Å². The molecule has 1 aromatic rings. The Labute approximate surface area is 165 Å². The van der Waals surface area contributed by atoms with Gasteiger partial charge in [0.05, 0.1) is 4.91 Å². The maximum Gasteiger partial charge on any atom is 0.326 e. The second-order valence-electron chi connectivity index (χ2n) is 5.73. The summed E-state index contributed by atoms with van der Waals surface area (Å²) in [5, 5.41) is 9.49. The highest BCUT2D eigenvalue weighted by Gasteiger charge is 2.40. The van der Waals surface area contributed by atoms with Gasteiger partial charge in [-0.05, 0) is 42.2 Å². The summed E-state index contributed by atoms with van der Waals surface area (Å²) in [6.07, 6.45) is 5.96. The van der Waals surface area contributed by atoms with Crippen LogP contribution in [0.15, 0.2) is 40.8 Å². The minimum absolute atomic E-state index is 0.285. The van der Waals surface area contributed by atoms with Crippen molar-refractivity contribution in [3.63, 3.8) is 0 Å². The maximum atomic E-state index is 12.8. The molecule has 1 unspecified atom stereocenters. The lowest BCUT2D eigenvalue weighted by molar-refractivity contribution is -0.145. The third kappa shape index (κ3) is 3.97. The molecule has 5 nitrogen and oxygen atoms in total. The number of ether oxygens (including phenoxy) is 1. The van der Waals surface area contributed by atoms with Gasteiger partial charge in [-0.15, -0.1) is 0 Å². The molecule has 0 aliphatic carbocycles. The first-order valence-corrected chi connectivity index (χ1v) is 10.5. The van der Waals surface area contributed by atoms with Gasteiger partial charge in [0.1, 0.15) is 22.7 Å². The predicted octanol–water partition coefficient (Wildman–Crippen LogP) is 3.41. The average Bonchev–Trinajstić information content (AvgIpc) is 2.89. The first-order valence-electron chi connectivity index (χ1n) is 7.92. The fourth-order valence-corrected chi connectivity index (χ4v) is 4.56. The Kier molecular flexibility index (Phi) is 6.05. The molecule has 0 aromatic heterocycles. The monoisotopic (exact) mass is 407 g/mol. The lowest BCUT2D eigenvalue weighted by atomic mass is 10.1. The molecule has 1 fully saturated rings. The number of para-hydroxylation sites is 1. The van der Waals surface area contributed by atoms with Crippen LogP contribution in [0.4, 0.5) is 0 Å². The van der Waals surface area contributed by atoms with E-state index in [9.17, 15) is 14.7 Å². The van der Waals surface area contributed by atoms with E-state index < -0.39 is 12.0 Å². The van der Waals surface area contributed by atoms with E-state index in [0.717, 1.165) is 28.6 Å². The van der Waals surface area contributed by atoms with Crippen LogP contribution in [-0.2, 0) is 9.59 Å². The molecule has 3 rings (SSSR count). The standard InChI is InChI=1S/C18H17NO4S3/c1-25-7-6-13(17(21)22)19-16(20)15(26-18(19)24)9-11-8-12-4-2-3-5-14(12)23-10-11/h2-5,8-9,13H,6-7,10H2,1H3,(H,21,22)/b15-9-. The molecule has 0 radical (unpaired) electrons. The third-order valence-electron chi connectivity index (χ3n) is 3.99. The molecule has 136 valence electrons. The Hall–Kier alpha value is -1.77. The van der Waals surface area contributed by atoms with Gasteiger partial charge in [0.2, 0.25) is 0 Å². The highest BCUT2D eigenvalue weighted by molar-refractivity contribution is 8.26. The van der Waals surface area contributed by atoms with Crippen LogP contribution in [0.2, 0.25) is 0 Å². The van der Waals surface area contributed by atoms with Crippen molar-refractivity contribution >= 4 is 58.0 Å². The largest absolute Gasteiger partial charge is 0.488 e. The summed E-state index contributed by atoms with van der Waals surface area (Å²) in [6.45, 7) is 0.357. The number of benzene rings is 1. The molecular formula is C18H17NO4S3. The Morgan fingerprint density at radius 1 is 1.50 bits per heavy atom. The van der Waals surface area contributed by atoms with E-state index in [1.54, 1.807) is 6.08 Å². The predicted molar refractivity (Wildman–Crippen MR) is 109 cm³/mol. The smallest absolute Gasteiger partial charge is 0.326 e. The minimum atomic E-state index is -1.04. The van der Waals surface area contributed by atoms with Gasteiger partial charge in [-0.1, -0.05) is 42.2 Å². The van der Waals surface area contributed by atoms with Crippen molar-refractivity contribution in [2.75, 3.05) is 18.6 Å². The van der Waals surface area contributed by atoms with Crippen LogP contribution in [-0.4, -0.2) is 50.9 Å². The molecule has 0 spiro atoms. The molecule has 1 saturated heterocycles. The molecule has 26 heavy (non-hydrogen) atoms. The van der Waals surface area contributed by atoms with Crippen molar-refractivity contribution in [1.29, 1.82) is 0 Å². The summed E-state index contributed by atoms with van der Waals surface area (Å²) in [4.78, 5) is 26.0. The van der Waals surface area contributed by atoms with Gasteiger partial charge < -0.3 is 9.84 Å². The Balaban J connectivity index is 1.83. The molecule has 0 bridgehead atoms. The van der Waals surface area contributed by atoms with Crippen LogP contribution in [0.3, 0.4) is 0 Å². The molecule has 1 amide bonds. The fourth-order valence-electron chi connectivity index (χ4n) is 2.73. The molecule has 1 aromatic carbocycles. The molecule has 8 heteroatoms. The first kappa shape index (κ1) is 19.0. The highest BCUT2D eigenvalue weighted by atomic mass is 32.2.